The summed E-state index contributed by atoms with van der Waals surface area (Å²) in [5.41, 5.74) is 11.4. The summed E-state index contributed by atoms with van der Waals surface area (Å²) in [6.45, 7) is 11.9. The van der Waals surface area contributed by atoms with Gasteiger partial charge < -0.3 is 26.2 Å². The molecule has 0 saturated heterocycles. The van der Waals surface area contributed by atoms with E-state index in [4.69, 9.17) is 11.1 Å². The van der Waals surface area contributed by atoms with Gasteiger partial charge in [0.1, 0.15) is 10.6 Å². The van der Waals surface area contributed by atoms with Gasteiger partial charge in [-0.25, -0.2) is 4.34 Å². The van der Waals surface area contributed by atoms with Crippen LogP contribution >= 0.6 is 8.07 Å². The monoisotopic (exact) mass is 1050 g/mol. The van der Waals surface area contributed by atoms with Crippen molar-refractivity contribution in [2.45, 2.75) is 47.0 Å². The van der Waals surface area contributed by atoms with Gasteiger partial charge in [-0.1, -0.05) is 150 Å². The minimum atomic E-state index is -1.20. The van der Waals surface area contributed by atoms with Crippen molar-refractivity contribution in [3.05, 3.63) is 200 Å². The Labute approximate surface area is 395 Å². The van der Waals surface area contributed by atoms with Gasteiger partial charge in [0, 0.05) is 40.2 Å². The van der Waals surface area contributed by atoms with Crippen LogP contribution in [0.4, 0.5) is 0 Å². The van der Waals surface area contributed by atoms with Gasteiger partial charge in [-0.15, -0.1) is 0 Å². The van der Waals surface area contributed by atoms with Gasteiger partial charge in [-0.05, 0) is 81.2 Å². The van der Waals surface area contributed by atoms with Gasteiger partial charge in [-0.2, -0.15) is 24.3 Å². The number of hydrogen-bond acceptors (Lipinski definition) is 5. The molecule has 0 unspecified atom stereocenters. The third kappa shape index (κ3) is 10.3. The average Bonchev–Trinajstić information content (AvgIpc) is 3.95. The first-order valence-electron chi connectivity index (χ1n) is 21.2. The zero-order chi connectivity index (χ0) is 44.8. The molecule has 0 saturated carbocycles. The number of nitrogens with one attached hydrogen (secondary N) is 2. The van der Waals surface area contributed by atoms with Crippen molar-refractivity contribution in [3.63, 3.8) is 0 Å². The van der Waals surface area contributed by atoms with E-state index in [0.717, 1.165) is 33.1 Å². The fourth-order valence-corrected chi connectivity index (χ4v) is 10.0. The van der Waals surface area contributed by atoms with Crippen LogP contribution in [-0.4, -0.2) is 36.1 Å². The number of aromatic nitrogens is 6. The molecule has 0 bridgehead atoms. The Morgan fingerprint density at radius 1 is 0.646 bits per heavy atom. The molecule has 10 aromatic rings. The molecule has 0 radical (unpaired) electrons. The SMILES string of the molecule is CC(C)(C)C(=N)N=C([NH-])c1nccc2ccccc12.CC(C)(C)c1n[n-]c(-c2nccc3ccccc23)n1.[Ir+3].[c-]1cccc2c3ccccc3n([PH+](c3ccccc3)c3ccccc3)c12. The van der Waals surface area contributed by atoms with Crippen molar-refractivity contribution in [3.8, 4) is 11.5 Å². The third-order valence-electron chi connectivity index (χ3n) is 10.7. The molecule has 65 heavy (non-hydrogen) atoms. The second kappa shape index (κ2) is 20.0. The number of rotatable bonds is 5. The first-order chi connectivity index (χ1) is 30.9. The standard InChI is InChI=1S/C24H17NP.C15H15N4.C15H17N4.Ir/c1-3-11-19(12-4-1)26(20-13-5-2-6-14-20)25-23-17-9-7-15-21(23)22-16-8-10-18-24(22)25;1-15(2,3)14-17-13(18-19-14)12-11-7-5-4-6-10(11)8-9-16-12;1-15(2,3)14(17)19-13(16)12-11-7-5-4-6-10(11)8-9-18-12;/h1-17H;4-9H,1-3H3;4-9H,1-3H3,(H2-,16,17,19);/q3*-1;+3/p+1. The first-order valence-corrected chi connectivity index (χ1v) is 22.7. The summed E-state index contributed by atoms with van der Waals surface area (Å²) in [5.74, 6) is 1.57. The Kier molecular flexibility index (Phi) is 14.2. The molecule has 0 fully saturated rings. The quantitative estimate of drug-likeness (QED) is 0.0794. The van der Waals surface area contributed by atoms with Gasteiger partial charge >= 0.3 is 20.1 Å². The molecule has 4 heterocycles. The largest absolute Gasteiger partial charge is 3.00 e. The number of fused-ring (bicyclic) bond motifs is 5. The second-order valence-corrected chi connectivity index (χ2v) is 19.7. The van der Waals surface area contributed by atoms with E-state index in [-0.39, 0.29) is 42.6 Å². The van der Waals surface area contributed by atoms with E-state index in [1.165, 1.54) is 32.4 Å². The summed E-state index contributed by atoms with van der Waals surface area (Å²) < 4.78 is 2.53. The predicted octanol–water partition coefficient (Wildman–Crippen LogP) is 12.2. The number of benzene rings is 6. The van der Waals surface area contributed by atoms with E-state index in [2.05, 4.69) is 164 Å². The van der Waals surface area contributed by atoms with E-state index < -0.39 is 8.07 Å². The van der Waals surface area contributed by atoms with Gasteiger partial charge in [0.25, 0.3) is 0 Å². The van der Waals surface area contributed by atoms with Crippen LogP contribution in [0.1, 0.15) is 53.1 Å². The maximum atomic E-state index is 8.05. The van der Waals surface area contributed by atoms with Gasteiger partial charge in [-0.3, -0.25) is 15.1 Å². The molecule has 0 aliphatic rings. The molecule has 0 atom stereocenters. The number of hydrogen-bond donors (Lipinski definition) is 1. The van der Waals surface area contributed by atoms with Crippen LogP contribution in [0.3, 0.4) is 0 Å². The zero-order valence-corrected chi connectivity index (χ0v) is 40.6. The first kappa shape index (κ1) is 46.3. The number of aliphatic imine (C=N–C) groups is 1. The maximum absolute atomic E-state index is 8.05. The van der Waals surface area contributed by atoms with Crippen molar-refractivity contribution >= 4 is 73.7 Å². The van der Waals surface area contributed by atoms with Crippen LogP contribution in [0.25, 0.3) is 60.6 Å². The van der Waals surface area contributed by atoms with Gasteiger partial charge in [0.15, 0.2) is 8.07 Å². The van der Waals surface area contributed by atoms with Crippen molar-refractivity contribution < 1.29 is 20.1 Å². The molecule has 6 aromatic carbocycles. The van der Waals surface area contributed by atoms with Crippen LogP contribution < -0.4 is 15.7 Å². The normalized spacial score (nSPS) is 11.8. The maximum Gasteiger partial charge on any atom is 3.00 e. The van der Waals surface area contributed by atoms with E-state index in [1.54, 1.807) is 12.4 Å². The van der Waals surface area contributed by atoms with Crippen LogP contribution in [-0.2, 0) is 25.5 Å². The number of amidine groups is 2. The summed E-state index contributed by atoms with van der Waals surface area (Å²) in [4.78, 5) is 17.2. The molecular weight excluding hydrogens is 998 g/mol. The Bertz CT molecular complexity index is 3130. The number of para-hydroxylation sites is 2. The Morgan fingerprint density at radius 3 is 1.80 bits per heavy atom. The van der Waals surface area contributed by atoms with Crippen LogP contribution in [0, 0.1) is 16.9 Å². The molecule has 0 aliphatic heterocycles. The van der Waals surface area contributed by atoms with E-state index >= 15 is 0 Å². The summed E-state index contributed by atoms with van der Waals surface area (Å²) in [6.07, 6.45) is 3.45. The molecule has 0 spiro atoms. The van der Waals surface area contributed by atoms with E-state index in [9.17, 15) is 0 Å². The number of nitrogens with zero attached hydrogens (tertiary/aromatic N) is 7. The van der Waals surface area contributed by atoms with E-state index in [1.807, 2.05) is 81.4 Å². The smallest absolute Gasteiger partial charge is 0.480 e. The van der Waals surface area contributed by atoms with Gasteiger partial charge in [0.05, 0.1) is 16.9 Å². The molecule has 2 N–H and O–H groups in total. The molecule has 4 aromatic heterocycles. The Morgan fingerprint density at radius 2 is 1.18 bits per heavy atom. The number of pyridine rings is 2. The van der Waals surface area contributed by atoms with Crippen molar-refractivity contribution in [2.24, 2.45) is 10.4 Å². The molecule has 11 heteroatoms. The summed E-state index contributed by atoms with van der Waals surface area (Å²) >= 11 is 0. The predicted molar refractivity (Wildman–Crippen MR) is 269 cm³/mol. The third-order valence-corrected chi connectivity index (χ3v) is 13.3. The van der Waals surface area contributed by atoms with Crippen LogP contribution in [0.15, 0.2) is 181 Å². The fourth-order valence-electron chi connectivity index (χ4n) is 7.29. The van der Waals surface area contributed by atoms with Crippen molar-refractivity contribution in [1.29, 1.82) is 5.41 Å². The van der Waals surface area contributed by atoms with Crippen molar-refractivity contribution in [2.75, 3.05) is 0 Å². The van der Waals surface area contributed by atoms with Crippen molar-refractivity contribution in [1.82, 2.24) is 29.5 Å². The minimum Gasteiger partial charge on any atom is -0.480 e. The van der Waals surface area contributed by atoms with Crippen LogP contribution in [0.5, 0.6) is 0 Å². The molecule has 0 aliphatic carbocycles. The second-order valence-electron chi connectivity index (χ2n) is 17.4. The summed E-state index contributed by atoms with van der Waals surface area (Å²) in [7, 11) is -1.20. The molecular formula is C54H50IrN9P+. The average molecular weight is 1050 g/mol. The van der Waals surface area contributed by atoms with E-state index in [0.29, 0.717) is 11.5 Å². The van der Waals surface area contributed by atoms with Crippen LogP contribution in [0.2, 0.25) is 0 Å². The Hall–Kier alpha value is -6.70. The molecule has 0 amide bonds. The Balaban J connectivity index is 0.000000147. The summed E-state index contributed by atoms with van der Waals surface area (Å²) in [6, 6.07) is 60.0. The topological polar surface area (TPSA) is 131 Å². The minimum absolute atomic E-state index is 0. The molecule has 9 nitrogen and oxygen atoms in total. The molecule has 10 rings (SSSR count). The fraction of sp³-hybridized carbons (Fsp3) is 0.148. The molecule has 324 valence electrons. The zero-order valence-electron chi connectivity index (χ0n) is 37.2. The van der Waals surface area contributed by atoms with Gasteiger partial charge in [0.2, 0.25) is 0 Å². The summed E-state index contributed by atoms with van der Waals surface area (Å²) in [5, 5.41) is 25.7.